The summed E-state index contributed by atoms with van der Waals surface area (Å²) in [6.45, 7) is 3.32. The van der Waals surface area contributed by atoms with E-state index in [9.17, 15) is 18.0 Å². The van der Waals surface area contributed by atoms with Crippen LogP contribution in [0, 0.1) is 0 Å². The molecule has 0 bridgehead atoms. The van der Waals surface area contributed by atoms with Crippen LogP contribution in [0.5, 0.6) is 0 Å². The van der Waals surface area contributed by atoms with E-state index >= 15 is 0 Å². The number of carbonyl (C=O) groups is 1. The smallest absolute Gasteiger partial charge is 0.357 e. The van der Waals surface area contributed by atoms with E-state index in [-0.39, 0.29) is 17.9 Å². The Kier molecular flexibility index (Phi) is 4.60. The van der Waals surface area contributed by atoms with Gasteiger partial charge in [0, 0.05) is 11.1 Å². The van der Waals surface area contributed by atoms with Gasteiger partial charge in [0.25, 0.3) is 0 Å². The van der Waals surface area contributed by atoms with E-state index in [0.717, 1.165) is 18.1 Å². The highest BCUT2D eigenvalue weighted by atomic mass is 19.4. The molecule has 1 aliphatic heterocycles. The van der Waals surface area contributed by atoms with Crippen molar-refractivity contribution >= 4 is 28.4 Å². The van der Waals surface area contributed by atoms with Gasteiger partial charge in [0.2, 0.25) is 0 Å². The summed E-state index contributed by atoms with van der Waals surface area (Å²) in [4.78, 5) is 14.3. The molecule has 9 heteroatoms. The number of amides is 2. The van der Waals surface area contributed by atoms with Crippen LogP contribution >= 0.6 is 0 Å². The maximum Gasteiger partial charge on any atom is 0.408 e. The number of fused-ring (bicyclic) bond motifs is 2. The number of hydrogen-bond donors (Lipinski definition) is 3. The standard InChI is InChI=1S/C20H20F3N5O/c1-11(13-6-4-3-5-7-13)28-10-14-8-15-17(9-16(14)25-19(28)29)26-27-18(15)24-12(2)20(21,22)23/h3-9,11-12H,10H2,1-2H3,(H,25,29)(H2,24,26,27). The monoisotopic (exact) mass is 403 g/mol. The normalized spacial score (nSPS) is 16.3. The van der Waals surface area contributed by atoms with Gasteiger partial charge in [0.1, 0.15) is 6.04 Å². The Balaban J connectivity index is 1.65. The second kappa shape index (κ2) is 6.98. The van der Waals surface area contributed by atoms with Crippen LogP contribution in [0.3, 0.4) is 0 Å². The van der Waals surface area contributed by atoms with Crippen molar-refractivity contribution in [3.8, 4) is 0 Å². The molecule has 0 radical (unpaired) electrons. The van der Waals surface area contributed by atoms with Gasteiger partial charge in [-0.3, -0.25) is 5.10 Å². The van der Waals surface area contributed by atoms with E-state index in [4.69, 9.17) is 0 Å². The van der Waals surface area contributed by atoms with Crippen LogP contribution < -0.4 is 10.6 Å². The zero-order chi connectivity index (χ0) is 20.8. The van der Waals surface area contributed by atoms with Gasteiger partial charge >= 0.3 is 12.2 Å². The molecular formula is C20H20F3N5O. The highest BCUT2D eigenvalue weighted by Crippen LogP contribution is 2.35. The average molecular weight is 403 g/mol. The predicted octanol–water partition coefficient (Wildman–Crippen LogP) is 5.03. The van der Waals surface area contributed by atoms with Crippen molar-refractivity contribution in [1.29, 1.82) is 0 Å². The van der Waals surface area contributed by atoms with E-state index in [0.29, 0.717) is 23.1 Å². The maximum absolute atomic E-state index is 12.9. The van der Waals surface area contributed by atoms with Gasteiger partial charge in [-0.15, -0.1) is 0 Å². The van der Waals surface area contributed by atoms with Crippen LogP contribution in [0.25, 0.3) is 10.9 Å². The van der Waals surface area contributed by atoms with Crippen molar-refractivity contribution in [3.05, 3.63) is 53.6 Å². The van der Waals surface area contributed by atoms with Crippen molar-refractivity contribution in [2.75, 3.05) is 10.6 Å². The quantitative estimate of drug-likeness (QED) is 0.572. The largest absolute Gasteiger partial charge is 0.408 e. The number of benzene rings is 2. The minimum atomic E-state index is -4.38. The second-order valence-corrected chi connectivity index (χ2v) is 7.18. The Morgan fingerprint density at radius 2 is 1.90 bits per heavy atom. The summed E-state index contributed by atoms with van der Waals surface area (Å²) in [5, 5.41) is 12.5. The lowest BCUT2D eigenvalue weighted by atomic mass is 10.0. The molecule has 2 amide bonds. The predicted molar refractivity (Wildman–Crippen MR) is 105 cm³/mol. The molecule has 6 nitrogen and oxygen atoms in total. The molecule has 0 saturated carbocycles. The number of nitrogens with one attached hydrogen (secondary N) is 3. The molecule has 2 atom stereocenters. The number of urea groups is 1. The van der Waals surface area contributed by atoms with E-state index in [2.05, 4.69) is 20.8 Å². The average Bonchev–Trinajstić information content (AvgIpc) is 3.07. The van der Waals surface area contributed by atoms with Gasteiger partial charge in [-0.2, -0.15) is 18.3 Å². The Morgan fingerprint density at radius 1 is 1.17 bits per heavy atom. The molecule has 3 N–H and O–H groups in total. The number of aromatic nitrogens is 2. The van der Waals surface area contributed by atoms with Gasteiger partial charge in [-0.05, 0) is 37.1 Å². The zero-order valence-corrected chi connectivity index (χ0v) is 15.8. The highest BCUT2D eigenvalue weighted by molar-refractivity contribution is 5.99. The Morgan fingerprint density at radius 3 is 2.59 bits per heavy atom. The topological polar surface area (TPSA) is 73.1 Å². The van der Waals surface area contributed by atoms with Crippen molar-refractivity contribution in [2.24, 2.45) is 0 Å². The molecule has 4 rings (SSSR count). The molecule has 0 saturated heterocycles. The first kappa shape index (κ1) is 19.1. The number of hydrogen-bond acceptors (Lipinski definition) is 3. The molecule has 2 aromatic carbocycles. The lowest BCUT2D eigenvalue weighted by Crippen LogP contribution is -2.40. The first-order valence-corrected chi connectivity index (χ1v) is 9.21. The third-order valence-electron chi connectivity index (χ3n) is 5.22. The van der Waals surface area contributed by atoms with Crippen LogP contribution in [0.4, 0.5) is 29.5 Å². The Hall–Kier alpha value is -3.23. The van der Waals surface area contributed by atoms with Crippen LogP contribution in [-0.4, -0.2) is 33.3 Å². The molecule has 1 aliphatic rings. The van der Waals surface area contributed by atoms with Gasteiger partial charge in [0.05, 0.1) is 18.1 Å². The summed E-state index contributed by atoms with van der Waals surface area (Å²) < 4.78 is 38.7. The fourth-order valence-electron chi connectivity index (χ4n) is 3.42. The lowest BCUT2D eigenvalue weighted by Gasteiger charge is -2.34. The third kappa shape index (κ3) is 3.59. The lowest BCUT2D eigenvalue weighted by molar-refractivity contribution is -0.138. The number of H-pyrrole nitrogens is 1. The number of anilines is 2. The molecule has 152 valence electrons. The van der Waals surface area contributed by atoms with Crippen LogP contribution in [-0.2, 0) is 6.54 Å². The molecule has 3 aromatic rings. The third-order valence-corrected chi connectivity index (χ3v) is 5.22. The fraction of sp³-hybridized carbons (Fsp3) is 0.300. The summed E-state index contributed by atoms with van der Waals surface area (Å²) >= 11 is 0. The van der Waals surface area contributed by atoms with Crippen LogP contribution in [0.15, 0.2) is 42.5 Å². The minimum Gasteiger partial charge on any atom is -0.357 e. The van der Waals surface area contributed by atoms with Crippen LogP contribution in [0.2, 0.25) is 0 Å². The molecular weight excluding hydrogens is 383 g/mol. The molecule has 0 aliphatic carbocycles. The van der Waals surface area contributed by atoms with Crippen molar-refractivity contribution < 1.29 is 18.0 Å². The maximum atomic E-state index is 12.9. The summed E-state index contributed by atoms with van der Waals surface area (Å²) in [6, 6.07) is 11.0. The first-order chi connectivity index (χ1) is 13.7. The minimum absolute atomic E-state index is 0.132. The van der Waals surface area contributed by atoms with Gasteiger partial charge in [0.15, 0.2) is 5.82 Å². The summed E-state index contributed by atoms with van der Waals surface area (Å²) in [7, 11) is 0. The van der Waals surface area contributed by atoms with E-state index in [1.165, 1.54) is 0 Å². The van der Waals surface area contributed by atoms with Crippen molar-refractivity contribution in [2.45, 2.75) is 38.7 Å². The van der Waals surface area contributed by atoms with Crippen LogP contribution in [0.1, 0.15) is 31.0 Å². The highest BCUT2D eigenvalue weighted by Gasteiger charge is 2.36. The van der Waals surface area contributed by atoms with E-state index in [1.54, 1.807) is 17.0 Å². The van der Waals surface area contributed by atoms with Gasteiger partial charge in [-0.1, -0.05) is 30.3 Å². The number of halogens is 3. The van der Waals surface area contributed by atoms with Crippen molar-refractivity contribution in [3.63, 3.8) is 0 Å². The molecule has 1 aromatic heterocycles. The fourth-order valence-corrected chi connectivity index (χ4v) is 3.42. The van der Waals surface area contributed by atoms with E-state index < -0.39 is 12.2 Å². The SMILES string of the molecule is CC(c1ccccc1)N1Cc2cc3c(NC(C)C(F)(F)F)n[nH]c3cc2NC1=O. The molecule has 29 heavy (non-hydrogen) atoms. The van der Waals surface area contributed by atoms with E-state index in [1.807, 2.05) is 37.3 Å². The molecule has 2 heterocycles. The molecule has 0 spiro atoms. The van der Waals surface area contributed by atoms with Gasteiger partial charge < -0.3 is 15.5 Å². The molecule has 0 fully saturated rings. The zero-order valence-electron chi connectivity index (χ0n) is 15.8. The summed E-state index contributed by atoms with van der Waals surface area (Å²) in [6.07, 6.45) is -4.38. The number of aromatic amines is 1. The Bertz CT molecular complexity index is 1050. The summed E-state index contributed by atoms with van der Waals surface area (Å²) in [5.41, 5.74) is 2.98. The molecule has 2 unspecified atom stereocenters. The number of nitrogens with zero attached hydrogens (tertiary/aromatic N) is 2. The van der Waals surface area contributed by atoms with Gasteiger partial charge in [-0.25, -0.2) is 4.79 Å². The Labute approximate surface area is 165 Å². The number of alkyl halides is 3. The summed E-state index contributed by atoms with van der Waals surface area (Å²) in [5.74, 6) is 0.132. The number of rotatable bonds is 4. The second-order valence-electron chi connectivity index (χ2n) is 7.18. The van der Waals surface area contributed by atoms with Crippen molar-refractivity contribution in [1.82, 2.24) is 15.1 Å². The number of carbonyl (C=O) groups excluding carboxylic acids is 1. The first-order valence-electron chi connectivity index (χ1n) is 9.21.